The highest BCUT2D eigenvalue weighted by molar-refractivity contribution is 5.95. The average Bonchev–Trinajstić information content (AvgIpc) is 3.07. The van der Waals surface area contributed by atoms with Gasteiger partial charge in [-0.1, -0.05) is 24.3 Å². The maximum absolute atomic E-state index is 11.8. The van der Waals surface area contributed by atoms with Gasteiger partial charge in [0.05, 0.1) is 13.1 Å². The van der Waals surface area contributed by atoms with Gasteiger partial charge < -0.3 is 20.4 Å². The molecule has 27 heavy (non-hydrogen) atoms. The highest BCUT2D eigenvalue weighted by Crippen LogP contribution is 2.21. The van der Waals surface area contributed by atoms with Crippen LogP contribution in [0.1, 0.15) is 25.3 Å². The van der Waals surface area contributed by atoms with Gasteiger partial charge in [-0.05, 0) is 31.0 Å². The van der Waals surface area contributed by atoms with Gasteiger partial charge in [0.25, 0.3) is 0 Å². The van der Waals surface area contributed by atoms with Crippen LogP contribution in [0.15, 0.2) is 41.4 Å². The monoisotopic (exact) mass is 371 g/mol. The van der Waals surface area contributed by atoms with Crippen molar-refractivity contribution in [2.45, 2.75) is 26.3 Å². The molecule has 1 aliphatic heterocycles. The summed E-state index contributed by atoms with van der Waals surface area (Å²) in [6.07, 6.45) is 1.54. The molecule has 1 heterocycles. The molecule has 1 saturated heterocycles. The molecule has 0 bridgehead atoms. The Morgan fingerprint density at radius 1 is 1.22 bits per heavy atom. The normalized spacial score (nSPS) is 14.3. The summed E-state index contributed by atoms with van der Waals surface area (Å²) in [5.74, 6) is 0.716. The maximum atomic E-state index is 11.8. The Bertz CT molecular complexity index is 710. The third kappa shape index (κ3) is 6.44. The number of hydrogen-bond acceptors (Lipinski definition) is 3. The maximum Gasteiger partial charge on any atom is 0.241 e. The van der Waals surface area contributed by atoms with Gasteiger partial charge in [0.2, 0.25) is 11.8 Å². The molecule has 0 unspecified atom stereocenters. The van der Waals surface area contributed by atoms with Crippen molar-refractivity contribution in [3.8, 4) is 0 Å². The predicted molar refractivity (Wildman–Crippen MR) is 109 cm³/mol. The Balaban J connectivity index is 1.99. The summed E-state index contributed by atoms with van der Waals surface area (Å²) < 4.78 is 0. The fourth-order valence-corrected chi connectivity index (χ4v) is 2.60. The summed E-state index contributed by atoms with van der Waals surface area (Å²) in [5.41, 5.74) is 2.93. The number of likely N-dealkylation sites (N-methyl/N-ethyl adjacent to an activating group) is 1. The first kappa shape index (κ1) is 20.5. The van der Waals surface area contributed by atoms with Gasteiger partial charge in [-0.2, -0.15) is 0 Å². The largest absolute Gasteiger partial charge is 0.353 e. The number of hydrogen-bond donors (Lipinski definition) is 2. The summed E-state index contributed by atoms with van der Waals surface area (Å²) >= 11 is 0. The first-order valence-electron chi connectivity index (χ1n) is 9.13. The molecule has 2 rings (SSSR count). The van der Waals surface area contributed by atoms with Crippen LogP contribution in [-0.2, 0) is 16.1 Å². The molecule has 2 amide bonds. The number of carbonyl (C=O) groups is 2. The smallest absolute Gasteiger partial charge is 0.241 e. The van der Waals surface area contributed by atoms with Crippen LogP contribution in [0.5, 0.6) is 0 Å². The molecule has 7 heteroatoms. The number of carbonyl (C=O) groups excluding carboxylic acids is 2. The molecule has 0 spiro atoms. The zero-order chi connectivity index (χ0) is 19.8. The van der Waals surface area contributed by atoms with Crippen molar-refractivity contribution < 1.29 is 9.59 Å². The molecular weight excluding hydrogens is 342 g/mol. The molecule has 1 aromatic carbocycles. The van der Waals surface area contributed by atoms with E-state index in [-0.39, 0.29) is 18.4 Å². The van der Waals surface area contributed by atoms with Crippen molar-refractivity contribution in [3.63, 3.8) is 0 Å². The van der Waals surface area contributed by atoms with Crippen LogP contribution in [0.2, 0.25) is 0 Å². The molecule has 2 N–H and O–H groups in total. The number of benzene rings is 1. The van der Waals surface area contributed by atoms with E-state index in [4.69, 9.17) is 0 Å². The Labute approximate surface area is 161 Å². The predicted octanol–water partition coefficient (Wildman–Crippen LogP) is 1.51. The molecule has 0 aliphatic carbocycles. The van der Waals surface area contributed by atoms with Gasteiger partial charge in [-0.15, -0.1) is 0 Å². The van der Waals surface area contributed by atoms with Crippen molar-refractivity contribution in [2.24, 2.45) is 4.99 Å². The molecular formula is C20H29N5O2. The number of guanidine groups is 1. The fourth-order valence-electron chi connectivity index (χ4n) is 2.60. The number of amides is 2. The third-order valence-electron chi connectivity index (χ3n) is 4.20. The lowest BCUT2D eigenvalue weighted by Crippen LogP contribution is -2.43. The van der Waals surface area contributed by atoms with Gasteiger partial charge in [0.15, 0.2) is 5.96 Å². The van der Waals surface area contributed by atoms with E-state index in [0.29, 0.717) is 25.5 Å². The van der Waals surface area contributed by atoms with E-state index < -0.39 is 0 Å². The van der Waals surface area contributed by atoms with Crippen LogP contribution in [-0.4, -0.2) is 56.4 Å². The second kappa shape index (κ2) is 9.75. The Morgan fingerprint density at radius 3 is 2.44 bits per heavy atom. The Morgan fingerprint density at radius 2 is 1.89 bits per heavy atom. The van der Waals surface area contributed by atoms with Crippen molar-refractivity contribution >= 4 is 23.5 Å². The van der Waals surface area contributed by atoms with Gasteiger partial charge >= 0.3 is 0 Å². The van der Waals surface area contributed by atoms with Crippen LogP contribution in [0.4, 0.5) is 5.69 Å². The summed E-state index contributed by atoms with van der Waals surface area (Å²) in [4.78, 5) is 31.5. The minimum Gasteiger partial charge on any atom is -0.353 e. The fraction of sp³-hybridized carbons (Fsp3) is 0.450. The highest BCUT2D eigenvalue weighted by Gasteiger charge is 2.21. The summed E-state index contributed by atoms with van der Waals surface area (Å²) in [5, 5.41) is 6.20. The molecule has 146 valence electrons. The van der Waals surface area contributed by atoms with E-state index in [2.05, 4.69) is 22.2 Å². The Kier molecular flexibility index (Phi) is 7.40. The quantitative estimate of drug-likeness (QED) is 0.433. The summed E-state index contributed by atoms with van der Waals surface area (Å²) in [6, 6.07) is 7.87. The van der Waals surface area contributed by atoms with Crippen molar-refractivity contribution in [1.82, 2.24) is 15.5 Å². The van der Waals surface area contributed by atoms with E-state index >= 15 is 0 Å². The number of aliphatic imine (C=N–C) groups is 1. The van der Waals surface area contributed by atoms with Crippen LogP contribution < -0.4 is 15.5 Å². The second-order valence-corrected chi connectivity index (χ2v) is 6.93. The van der Waals surface area contributed by atoms with Gasteiger partial charge in [-0.3, -0.25) is 9.59 Å². The third-order valence-corrected chi connectivity index (χ3v) is 4.20. The molecule has 7 nitrogen and oxygen atoms in total. The Hall–Kier alpha value is -2.83. The van der Waals surface area contributed by atoms with Gasteiger partial charge in [0, 0.05) is 39.3 Å². The summed E-state index contributed by atoms with van der Waals surface area (Å²) in [6.45, 7) is 7.80. The minimum atomic E-state index is -0.0283. The highest BCUT2D eigenvalue weighted by atomic mass is 16.2. The number of nitrogens with zero attached hydrogens (tertiary/aromatic N) is 3. The topological polar surface area (TPSA) is 77.0 Å². The molecule has 1 aromatic rings. The lowest BCUT2D eigenvalue weighted by atomic mass is 10.2. The van der Waals surface area contributed by atoms with E-state index in [1.165, 1.54) is 4.90 Å². The van der Waals surface area contributed by atoms with E-state index in [9.17, 15) is 9.59 Å². The van der Waals surface area contributed by atoms with E-state index in [1.807, 2.05) is 36.1 Å². The second-order valence-electron chi connectivity index (χ2n) is 6.93. The van der Waals surface area contributed by atoms with Crippen LogP contribution >= 0.6 is 0 Å². The van der Waals surface area contributed by atoms with Gasteiger partial charge in [0.1, 0.15) is 0 Å². The van der Waals surface area contributed by atoms with Crippen LogP contribution in [0.3, 0.4) is 0 Å². The van der Waals surface area contributed by atoms with Crippen LogP contribution in [0, 0.1) is 0 Å². The first-order valence-corrected chi connectivity index (χ1v) is 9.13. The number of rotatable bonds is 7. The molecule has 1 fully saturated rings. The first-order chi connectivity index (χ1) is 12.9. The van der Waals surface area contributed by atoms with E-state index in [0.717, 1.165) is 29.8 Å². The van der Waals surface area contributed by atoms with E-state index in [1.54, 1.807) is 14.1 Å². The number of anilines is 1. The zero-order valence-corrected chi connectivity index (χ0v) is 16.4. The van der Waals surface area contributed by atoms with Crippen molar-refractivity contribution in [1.29, 1.82) is 0 Å². The lowest BCUT2D eigenvalue weighted by Gasteiger charge is -2.16. The molecule has 0 aromatic heterocycles. The average molecular weight is 371 g/mol. The standard InChI is InChI=1S/C20H29N5O2/c1-15(2)12-21-20(23-14-19(27)24(3)4)22-13-16-7-9-17(10-8-16)25-11-5-6-18(25)26/h7-10H,1,5-6,11-14H2,2-4H3,(H2,21,22,23). The zero-order valence-electron chi connectivity index (χ0n) is 16.4. The lowest BCUT2D eigenvalue weighted by molar-refractivity contribution is -0.127. The molecule has 0 atom stereocenters. The van der Waals surface area contributed by atoms with Crippen molar-refractivity contribution in [3.05, 3.63) is 42.0 Å². The minimum absolute atomic E-state index is 0.0283. The summed E-state index contributed by atoms with van der Waals surface area (Å²) in [7, 11) is 3.43. The molecule has 1 aliphatic rings. The number of nitrogens with one attached hydrogen (secondary N) is 2. The van der Waals surface area contributed by atoms with Crippen molar-refractivity contribution in [2.75, 3.05) is 38.6 Å². The van der Waals surface area contributed by atoms with Crippen LogP contribution in [0.25, 0.3) is 0 Å². The van der Waals surface area contributed by atoms with Gasteiger partial charge in [-0.25, -0.2) is 4.99 Å². The molecule has 0 saturated carbocycles. The SMILES string of the molecule is C=C(C)CNC(=NCc1ccc(N2CCCC2=O)cc1)NCC(=O)N(C)C. The molecule has 0 radical (unpaired) electrons.